The smallest absolute Gasteiger partial charge is 0.317 e. The molecule has 218 valence electrons. The number of carbonyl (C=O) groups is 2. The highest BCUT2D eigenvalue weighted by molar-refractivity contribution is 5.88. The fourth-order valence-electron chi connectivity index (χ4n) is 4.96. The number of aromatic nitrogens is 4. The van der Waals surface area contributed by atoms with Crippen molar-refractivity contribution in [2.45, 2.75) is 70.9 Å². The third-order valence-electron chi connectivity index (χ3n) is 7.29. The average Bonchev–Trinajstić information content (AvgIpc) is 3.39. The van der Waals surface area contributed by atoms with Crippen LogP contribution in [0, 0.1) is 11.2 Å². The Morgan fingerprint density at radius 1 is 1.07 bits per heavy atom. The molecule has 1 aliphatic heterocycles. The summed E-state index contributed by atoms with van der Waals surface area (Å²) in [6.07, 6.45) is 3.81. The maximum absolute atomic E-state index is 13.7. The molecule has 41 heavy (non-hydrogen) atoms. The summed E-state index contributed by atoms with van der Waals surface area (Å²) in [7, 11) is 0. The van der Waals surface area contributed by atoms with Gasteiger partial charge in [0.2, 0.25) is 6.29 Å². The lowest BCUT2D eigenvalue weighted by atomic mass is 9.83. The first-order chi connectivity index (χ1) is 19.6. The SMILES string of the molecule is CC(C)Oc1nccc(-c2[nH]c(C3OCC(C)(C(=O)OC4(C(N)=O)CCCCC4)CO3)nc2-c2ccc(F)cc2)n1. The van der Waals surface area contributed by atoms with Crippen LogP contribution in [0.2, 0.25) is 0 Å². The number of nitrogens with one attached hydrogen (secondary N) is 1. The van der Waals surface area contributed by atoms with E-state index in [9.17, 15) is 14.0 Å². The molecule has 3 heterocycles. The number of esters is 1. The van der Waals surface area contributed by atoms with Gasteiger partial charge in [-0.15, -0.1) is 0 Å². The van der Waals surface area contributed by atoms with E-state index in [1.54, 1.807) is 31.3 Å². The summed E-state index contributed by atoms with van der Waals surface area (Å²) in [6.45, 7) is 5.34. The second kappa shape index (κ2) is 11.5. The highest BCUT2D eigenvalue weighted by atomic mass is 19.1. The van der Waals surface area contributed by atoms with Crippen LogP contribution in [0.4, 0.5) is 4.39 Å². The van der Waals surface area contributed by atoms with Gasteiger partial charge in [0, 0.05) is 11.8 Å². The minimum absolute atomic E-state index is 0.0346. The van der Waals surface area contributed by atoms with Crippen molar-refractivity contribution in [1.82, 2.24) is 19.9 Å². The first-order valence-corrected chi connectivity index (χ1v) is 13.7. The van der Waals surface area contributed by atoms with Gasteiger partial charge < -0.3 is 29.7 Å². The highest BCUT2D eigenvalue weighted by Crippen LogP contribution is 2.38. The van der Waals surface area contributed by atoms with Gasteiger partial charge in [-0.05, 0) is 76.8 Å². The fourth-order valence-corrected chi connectivity index (χ4v) is 4.96. The second-order valence-electron chi connectivity index (χ2n) is 11.1. The normalized spacial score (nSPS) is 22.3. The number of H-pyrrole nitrogens is 1. The molecule has 2 aliphatic rings. The largest absolute Gasteiger partial charge is 0.461 e. The molecule has 1 aromatic carbocycles. The van der Waals surface area contributed by atoms with Crippen LogP contribution in [-0.2, 0) is 23.8 Å². The molecule has 3 N–H and O–H groups in total. The zero-order valence-electron chi connectivity index (χ0n) is 23.3. The molecule has 11 nitrogen and oxygen atoms in total. The molecule has 0 unspecified atom stereocenters. The Bertz CT molecular complexity index is 1390. The predicted octanol–water partition coefficient (Wildman–Crippen LogP) is 4.24. The van der Waals surface area contributed by atoms with Gasteiger partial charge in [-0.25, -0.2) is 14.4 Å². The number of carbonyl (C=O) groups excluding carboxylic acids is 2. The van der Waals surface area contributed by atoms with Crippen LogP contribution in [0.25, 0.3) is 22.6 Å². The maximum Gasteiger partial charge on any atom is 0.317 e. The van der Waals surface area contributed by atoms with Crippen LogP contribution in [0.15, 0.2) is 36.5 Å². The Balaban J connectivity index is 1.38. The van der Waals surface area contributed by atoms with E-state index in [4.69, 9.17) is 29.7 Å². The summed E-state index contributed by atoms with van der Waals surface area (Å²) in [5.74, 6) is -1.27. The Labute approximate surface area is 237 Å². The van der Waals surface area contributed by atoms with Crippen LogP contribution in [0.5, 0.6) is 6.01 Å². The molecule has 1 saturated carbocycles. The number of nitrogens with two attached hydrogens (primary N) is 1. The van der Waals surface area contributed by atoms with Crippen LogP contribution in [0.1, 0.15) is 65.0 Å². The van der Waals surface area contributed by atoms with Gasteiger partial charge in [-0.3, -0.25) is 9.59 Å². The standard InChI is InChI=1S/C29H34FN5O6/c1-17(2)40-27-32-14-11-20(33-27)22-21(18-7-9-19(30)10-8-18)34-23(35-22)24-38-15-28(3,16-39-24)26(37)41-29(25(31)36)12-5-4-6-13-29/h7-11,14,17,24H,4-6,12-13,15-16H2,1-3H3,(H2,31,36)(H,34,35). The second-order valence-corrected chi connectivity index (χ2v) is 11.1. The molecule has 3 aromatic rings. The number of primary amides is 1. The molecule has 1 amide bonds. The zero-order valence-corrected chi connectivity index (χ0v) is 23.3. The van der Waals surface area contributed by atoms with Crippen molar-refractivity contribution in [3.05, 3.63) is 48.2 Å². The van der Waals surface area contributed by atoms with Gasteiger partial charge >= 0.3 is 12.0 Å². The van der Waals surface area contributed by atoms with Crippen LogP contribution in [0.3, 0.4) is 0 Å². The van der Waals surface area contributed by atoms with E-state index in [2.05, 4.69) is 15.0 Å². The summed E-state index contributed by atoms with van der Waals surface area (Å²) < 4.78 is 37.0. The van der Waals surface area contributed by atoms with Gasteiger partial charge in [0.05, 0.1) is 36.4 Å². The molecular weight excluding hydrogens is 533 g/mol. The minimum Gasteiger partial charge on any atom is -0.461 e. The van der Waals surface area contributed by atoms with E-state index in [0.717, 1.165) is 19.3 Å². The molecule has 0 spiro atoms. The van der Waals surface area contributed by atoms with E-state index in [1.807, 2.05) is 13.8 Å². The number of benzene rings is 1. The third-order valence-corrected chi connectivity index (χ3v) is 7.29. The number of nitrogens with zero attached hydrogens (tertiary/aromatic N) is 3. The molecule has 0 atom stereocenters. The van der Waals surface area contributed by atoms with Crippen molar-refractivity contribution in [1.29, 1.82) is 0 Å². The fraction of sp³-hybridized carbons (Fsp3) is 0.483. The zero-order chi connectivity index (χ0) is 29.2. The van der Waals surface area contributed by atoms with E-state index in [1.165, 1.54) is 12.1 Å². The number of imidazole rings is 1. The number of amides is 1. The Morgan fingerprint density at radius 2 is 1.76 bits per heavy atom. The molecule has 0 radical (unpaired) electrons. The number of ether oxygens (including phenoxy) is 4. The molecule has 2 fully saturated rings. The summed E-state index contributed by atoms with van der Waals surface area (Å²) in [5, 5.41) is 0. The highest BCUT2D eigenvalue weighted by Gasteiger charge is 2.48. The molecule has 1 saturated heterocycles. The quantitative estimate of drug-likeness (QED) is 0.381. The minimum atomic E-state index is -1.30. The summed E-state index contributed by atoms with van der Waals surface area (Å²) in [5.41, 5.74) is 5.36. The lowest BCUT2D eigenvalue weighted by Gasteiger charge is -2.39. The summed E-state index contributed by atoms with van der Waals surface area (Å²) in [6, 6.07) is 7.81. The molecule has 2 aromatic heterocycles. The first-order valence-electron chi connectivity index (χ1n) is 13.7. The number of aromatic amines is 1. The first kappa shape index (κ1) is 28.6. The Hall–Kier alpha value is -3.90. The predicted molar refractivity (Wildman–Crippen MR) is 145 cm³/mol. The van der Waals surface area contributed by atoms with Gasteiger partial charge in [-0.2, -0.15) is 4.98 Å². The molecular formula is C29H34FN5O6. The van der Waals surface area contributed by atoms with Gasteiger partial charge in [0.1, 0.15) is 11.2 Å². The number of halogens is 1. The molecule has 5 rings (SSSR count). The van der Waals surface area contributed by atoms with E-state index >= 15 is 0 Å². The van der Waals surface area contributed by atoms with E-state index in [0.29, 0.717) is 41.3 Å². The lowest BCUT2D eigenvalue weighted by Crippen LogP contribution is -2.53. The van der Waals surface area contributed by atoms with Crippen molar-refractivity contribution >= 4 is 11.9 Å². The monoisotopic (exact) mass is 567 g/mol. The Morgan fingerprint density at radius 3 is 2.39 bits per heavy atom. The van der Waals surface area contributed by atoms with Crippen molar-refractivity contribution in [3.8, 4) is 28.7 Å². The van der Waals surface area contributed by atoms with Gasteiger partial charge in [0.15, 0.2) is 11.4 Å². The molecule has 0 bridgehead atoms. The van der Waals surface area contributed by atoms with Crippen LogP contribution >= 0.6 is 0 Å². The molecule has 12 heteroatoms. The average molecular weight is 568 g/mol. The van der Waals surface area contributed by atoms with E-state index in [-0.39, 0.29) is 31.1 Å². The van der Waals surface area contributed by atoms with E-state index < -0.39 is 29.2 Å². The summed E-state index contributed by atoms with van der Waals surface area (Å²) >= 11 is 0. The number of hydrogen-bond acceptors (Lipinski definition) is 9. The third kappa shape index (κ3) is 6.08. The van der Waals surface area contributed by atoms with Crippen molar-refractivity contribution in [2.75, 3.05) is 13.2 Å². The van der Waals surface area contributed by atoms with Crippen molar-refractivity contribution < 1.29 is 32.9 Å². The summed E-state index contributed by atoms with van der Waals surface area (Å²) in [4.78, 5) is 42.1. The topological polar surface area (TPSA) is 152 Å². The van der Waals surface area contributed by atoms with Gasteiger partial charge in [0.25, 0.3) is 5.91 Å². The van der Waals surface area contributed by atoms with Crippen LogP contribution in [-0.4, -0.2) is 56.7 Å². The number of rotatable bonds is 8. The maximum atomic E-state index is 13.7. The van der Waals surface area contributed by atoms with Gasteiger partial charge in [-0.1, -0.05) is 6.42 Å². The molecule has 1 aliphatic carbocycles. The van der Waals surface area contributed by atoms with Crippen molar-refractivity contribution in [3.63, 3.8) is 0 Å². The lowest BCUT2D eigenvalue weighted by molar-refractivity contribution is -0.243. The van der Waals surface area contributed by atoms with Crippen molar-refractivity contribution in [2.24, 2.45) is 11.1 Å². The van der Waals surface area contributed by atoms with Crippen LogP contribution < -0.4 is 10.5 Å². The Kier molecular flexibility index (Phi) is 8.05. The number of hydrogen-bond donors (Lipinski definition) is 2.